The number of halogens is 1. The molecule has 0 unspecified atom stereocenters. The van der Waals surface area contributed by atoms with Crippen molar-refractivity contribution in [2.45, 2.75) is 30.6 Å². The van der Waals surface area contributed by atoms with Crippen LogP contribution in [0.5, 0.6) is 0 Å². The van der Waals surface area contributed by atoms with Gasteiger partial charge in [0.05, 0.1) is 5.02 Å². The summed E-state index contributed by atoms with van der Waals surface area (Å²) in [4.78, 5) is 26.0. The molecule has 0 spiro atoms. The Balaban J connectivity index is 1.62. The Kier molecular flexibility index (Phi) is 6.62. The minimum atomic E-state index is -3.76. The zero-order valence-electron chi connectivity index (χ0n) is 16.0. The number of hydrogen-bond donors (Lipinski definition) is 1. The molecular weight excluding hydrogens is 436 g/mol. The number of carbonyl (C=O) groups is 2. The Morgan fingerprint density at radius 2 is 1.93 bits per heavy atom. The molecule has 7 nitrogen and oxygen atoms in total. The Morgan fingerprint density at radius 1 is 1.21 bits per heavy atom. The van der Waals surface area contributed by atoms with Crippen LogP contribution in [0.4, 0.5) is 5.69 Å². The zero-order chi connectivity index (χ0) is 21.2. The predicted molar refractivity (Wildman–Crippen MR) is 112 cm³/mol. The summed E-state index contributed by atoms with van der Waals surface area (Å²) in [7, 11) is -0.988. The lowest BCUT2D eigenvalue weighted by atomic mass is 9.99. The molecule has 0 radical (unpaired) electrons. The van der Waals surface area contributed by atoms with Crippen molar-refractivity contribution in [1.29, 1.82) is 0 Å². The number of nitrogens with one attached hydrogen (secondary N) is 1. The normalized spacial score (nSPS) is 13.8. The van der Waals surface area contributed by atoms with Crippen LogP contribution >= 0.6 is 22.9 Å². The number of carbonyl (C=O) groups excluding carboxylic acids is 2. The van der Waals surface area contributed by atoms with Gasteiger partial charge in [0.25, 0.3) is 5.91 Å². The highest BCUT2D eigenvalue weighted by atomic mass is 35.5. The van der Waals surface area contributed by atoms with Crippen LogP contribution in [-0.4, -0.2) is 45.3 Å². The van der Waals surface area contributed by atoms with Gasteiger partial charge < -0.3 is 10.1 Å². The number of ether oxygens (including phenoxy) is 1. The van der Waals surface area contributed by atoms with Crippen molar-refractivity contribution in [2.24, 2.45) is 0 Å². The van der Waals surface area contributed by atoms with Gasteiger partial charge in [-0.15, -0.1) is 11.3 Å². The van der Waals surface area contributed by atoms with Crippen LogP contribution < -0.4 is 5.32 Å². The smallest absolute Gasteiger partial charge is 0.348 e. The van der Waals surface area contributed by atoms with Gasteiger partial charge in [0.2, 0.25) is 10.0 Å². The molecule has 0 saturated carbocycles. The third kappa shape index (κ3) is 4.98. The van der Waals surface area contributed by atoms with Gasteiger partial charge in [0, 0.05) is 24.7 Å². The fourth-order valence-corrected chi connectivity index (χ4v) is 5.51. The maximum absolute atomic E-state index is 12.3. The third-order valence-electron chi connectivity index (χ3n) is 4.51. The van der Waals surface area contributed by atoms with Crippen molar-refractivity contribution in [2.75, 3.05) is 26.0 Å². The van der Waals surface area contributed by atoms with Gasteiger partial charge in [-0.25, -0.2) is 17.5 Å². The number of esters is 1. The lowest BCUT2D eigenvalue weighted by Gasteiger charge is -2.14. The number of fused-ring (bicyclic) bond motifs is 1. The van der Waals surface area contributed by atoms with Gasteiger partial charge in [0.15, 0.2) is 6.61 Å². The first-order chi connectivity index (χ1) is 13.7. The van der Waals surface area contributed by atoms with Gasteiger partial charge in [0.1, 0.15) is 9.77 Å². The summed E-state index contributed by atoms with van der Waals surface area (Å²) in [5.74, 6) is -1.11. The molecule has 1 aliphatic carbocycles. The first-order valence-corrected chi connectivity index (χ1v) is 11.6. The van der Waals surface area contributed by atoms with Crippen LogP contribution in [0, 0.1) is 0 Å². The summed E-state index contributed by atoms with van der Waals surface area (Å²) in [5.41, 5.74) is 1.43. The number of thiophene rings is 1. The van der Waals surface area contributed by atoms with Crippen molar-refractivity contribution < 1.29 is 22.7 Å². The molecule has 2 aromatic rings. The summed E-state index contributed by atoms with van der Waals surface area (Å²) >= 11 is 7.40. The van der Waals surface area contributed by atoms with E-state index >= 15 is 0 Å². The van der Waals surface area contributed by atoms with E-state index in [0.29, 0.717) is 4.88 Å². The van der Waals surface area contributed by atoms with Gasteiger partial charge in [-0.2, -0.15) is 0 Å². The number of sulfonamides is 1. The second-order valence-corrected chi connectivity index (χ2v) is 10.5. The molecule has 1 aliphatic rings. The highest BCUT2D eigenvalue weighted by Gasteiger charge is 2.22. The Hall–Kier alpha value is -1.94. The highest BCUT2D eigenvalue weighted by Crippen LogP contribution is 2.30. The maximum atomic E-state index is 12.3. The van der Waals surface area contributed by atoms with Crippen LogP contribution in [0.25, 0.3) is 0 Å². The highest BCUT2D eigenvalue weighted by molar-refractivity contribution is 7.89. The molecule has 1 aromatic carbocycles. The van der Waals surface area contributed by atoms with E-state index in [1.165, 1.54) is 54.1 Å². The van der Waals surface area contributed by atoms with Gasteiger partial charge in [-0.05, 0) is 55.5 Å². The van der Waals surface area contributed by atoms with Crippen LogP contribution in [0.15, 0.2) is 29.2 Å². The molecule has 1 heterocycles. The number of benzene rings is 1. The molecule has 1 aromatic heterocycles. The average molecular weight is 457 g/mol. The maximum Gasteiger partial charge on any atom is 0.348 e. The molecular formula is C19H21ClN2O5S2. The van der Waals surface area contributed by atoms with E-state index in [2.05, 4.69) is 5.32 Å². The van der Waals surface area contributed by atoms with Gasteiger partial charge in [-0.3, -0.25) is 4.79 Å². The number of amides is 1. The topological polar surface area (TPSA) is 92.8 Å². The molecule has 0 aliphatic heterocycles. The largest absolute Gasteiger partial charge is 0.451 e. The summed E-state index contributed by atoms with van der Waals surface area (Å²) in [6, 6.07) is 5.97. The number of hydrogen-bond acceptors (Lipinski definition) is 6. The van der Waals surface area contributed by atoms with Crippen LogP contribution in [0.3, 0.4) is 0 Å². The summed E-state index contributed by atoms with van der Waals surface area (Å²) in [5, 5.41) is 2.57. The monoisotopic (exact) mass is 456 g/mol. The van der Waals surface area contributed by atoms with E-state index < -0.39 is 28.5 Å². The fraction of sp³-hybridized carbons (Fsp3) is 0.368. The van der Waals surface area contributed by atoms with E-state index in [4.69, 9.17) is 16.3 Å². The van der Waals surface area contributed by atoms with Gasteiger partial charge in [-0.1, -0.05) is 11.6 Å². The van der Waals surface area contributed by atoms with E-state index in [1.807, 2.05) is 6.07 Å². The SMILES string of the molecule is CN(C)S(=O)(=O)c1cc(NC(=O)COC(=O)c2cc3c(s2)CCCC3)ccc1Cl. The Bertz CT molecular complexity index is 1020. The number of aryl methyl sites for hydroxylation is 2. The standard InChI is InChI=1S/C19H21ClN2O5S2/c1-22(2)29(25,26)17-10-13(7-8-14(17)20)21-18(23)11-27-19(24)16-9-12-5-3-4-6-15(12)28-16/h7-10H,3-6,11H2,1-2H3,(H,21,23). The quantitative estimate of drug-likeness (QED) is 0.673. The molecule has 0 fully saturated rings. The minimum absolute atomic E-state index is 0.0461. The molecule has 1 amide bonds. The van der Waals surface area contributed by atoms with E-state index in [9.17, 15) is 18.0 Å². The van der Waals surface area contributed by atoms with Crippen LogP contribution in [0.2, 0.25) is 5.02 Å². The molecule has 156 valence electrons. The number of rotatable bonds is 6. The first kappa shape index (κ1) is 21.8. The Labute approximate surface area is 178 Å². The molecule has 0 bridgehead atoms. The lowest BCUT2D eigenvalue weighted by molar-refractivity contribution is -0.119. The average Bonchev–Trinajstić information content (AvgIpc) is 3.11. The fourth-order valence-electron chi connectivity index (χ4n) is 2.97. The van der Waals surface area contributed by atoms with E-state index in [0.717, 1.165) is 30.0 Å². The zero-order valence-corrected chi connectivity index (χ0v) is 18.4. The van der Waals surface area contributed by atoms with Crippen molar-refractivity contribution in [3.8, 4) is 0 Å². The van der Waals surface area contributed by atoms with Crippen molar-refractivity contribution in [3.63, 3.8) is 0 Å². The first-order valence-electron chi connectivity index (χ1n) is 8.99. The number of anilines is 1. The van der Waals surface area contributed by atoms with Crippen LogP contribution in [0.1, 0.15) is 33.0 Å². The second-order valence-electron chi connectivity index (χ2n) is 6.82. The molecule has 0 saturated heterocycles. The van der Waals surface area contributed by atoms with Crippen molar-refractivity contribution in [3.05, 3.63) is 44.6 Å². The van der Waals surface area contributed by atoms with E-state index in [1.54, 1.807) is 0 Å². The van der Waals surface area contributed by atoms with Crippen molar-refractivity contribution >= 4 is 50.5 Å². The third-order valence-corrected chi connectivity index (χ3v) is 8.02. The molecule has 10 heteroatoms. The number of nitrogens with zero attached hydrogens (tertiary/aromatic N) is 1. The molecule has 3 rings (SSSR count). The Morgan fingerprint density at radius 3 is 2.62 bits per heavy atom. The summed E-state index contributed by atoms with van der Waals surface area (Å²) in [6.45, 7) is -0.472. The molecule has 1 N–H and O–H groups in total. The van der Waals surface area contributed by atoms with Crippen molar-refractivity contribution in [1.82, 2.24) is 4.31 Å². The van der Waals surface area contributed by atoms with E-state index in [-0.39, 0.29) is 15.6 Å². The molecule has 29 heavy (non-hydrogen) atoms. The minimum Gasteiger partial charge on any atom is -0.451 e. The summed E-state index contributed by atoms with van der Waals surface area (Å²) < 4.78 is 30.7. The molecule has 0 atom stereocenters. The summed E-state index contributed by atoms with van der Waals surface area (Å²) in [6.07, 6.45) is 4.18. The van der Waals surface area contributed by atoms with Gasteiger partial charge >= 0.3 is 5.97 Å². The second kappa shape index (κ2) is 8.83. The lowest BCUT2D eigenvalue weighted by Crippen LogP contribution is -2.23. The van der Waals surface area contributed by atoms with Crippen LogP contribution in [-0.2, 0) is 32.4 Å². The predicted octanol–water partition coefficient (Wildman–Crippen LogP) is 3.33.